The monoisotopic (exact) mass is 309 g/mol. The second kappa shape index (κ2) is 6.90. The number of hydrogen-bond acceptors (Lipinski definition) is 4. The molecule has 2 N–H and O–H groups in total. The van der Waals surface area contributed by atoms with Gasteiger partial charge in [0.15, 0.2) is 0 Å². The summed E-state index contributed by atoms with van der Waals surface area (Å²) in [4.78, 5) is 17.8. The summed E-state index contributed by atoms with van der Waals surface area (Å²) < 4.78 is 0. The van der Waals surface area contributed by atoms with Crippen LogP contribution in [0.15, 0.2) is 5.38 Å². The van der Waals surface area contributed by atoms with E-state index in [1.165, 1.54) is 12.8 Å². The van der Waals surface area contributed by atoms with Gasteiger partial charge >= 0.3 is 0 Å². The van der Waals surface area contributed by atoms with Crippen molar-refractivity contribution in [2.75, 3.05) is 27.2 Å². The number of amides is 1. The fourth-order valence-electron chi connectivity index (χ4n) is 3.35. The quantitative estimate of drug-likeness (QED) is 0.909. The molecule has 4 nitrogen and oxygen atoms in total. The first-order valence-electron chi connectivity index (χ1n) is 7.74. The van der Waals surface area contributed by atoms with Crippen LogP contribution in [0.25, 0.3) is 0 Å². The van der Waals surface area contributed by atoms with Gasteiger partial charge in [-0.25, -0.2) is 0 Å². The minimum Gasteiger partial charge on any atom is -0.366 e. The molecular weight excluding hydrogens is 282 g/mol. The Morgan fingerprint density at radius 2 is 2.10 bits per heavy atom. The lowest BCUT2D eigenvalue weighted by Crippen LogP contribution is -2.43. The standard InChI is InChI=1S/C16H27N3OS/c1-5-13(15-14(16(17)20)11(2)10-21-15)19-8-6-12(7-9-19)18(3)4/h10,12-13H,5-9H2,1-4H3,(H2,17,20). The number of rotatable bonds is 5. The average molecular weight is 309 g/mol. The van der Waals surface area contributed by atoms with Gasteiger partial charge in [0, 0.05) is 30.1 Å². The molecule has 1 amide bonds. The highest BCUT2D eigenvalue weighted by Gasteiger charge is 2.29. The molecule has 1 atom stereocenters. The molecule has 1 saturated heterocycles. The van der Waals surface area contributed by atoms with Gasteiger partial charge in [-0.15, -0.1) is 11.3 Å². The number of carbonyl (C=O) groups excluding carboxylic acids is 1. The van der Waals surface area contributed by atoms with E-state index in [2.05, 4.69) is 36.2 Å². The zero-order chi connectivity index (χ0) is 15.6. The average Bonchev–Trinajstić information content (AvgIpc) is 2.82. The highest BCUT2D eigenvalue weighted by Crippen LogP contribution is 2.35. The van der Waals surface area contributed by atoms with Crippen LogP contribution in [-0.2, 0) is 0 Å². The summed E-state index contributed by atoms with van der Waals surface area (Å²) in [5.41, 5.74) is 7.36. The van der Waals surface area contributed by atoms with Gasteiger partial charge < -0.3 is 10.6 Å². The van der Waals surface area contributed by atoms with Gasteiger partial charge in [0.2, 0.25) is 5.91 Å². The highest BCUT2D eigenvalue weighted by atomic mass is 32.1. The molecule has 0 aromatic carbocycles. The fraction of sp³-hybridized carbons (Fsp3) is 0.688. The van der Waals surface area contributed by atoms with E-state index in [0.717, 1.165) is 35.5 Å². The molecule has 1 aliphatic rings. The molecule has 1 aliphatic heterocycles. The van der Waals surface area contributed by atoms with Gasteiger partial charge in [-0.1, -0.05) is 6.92 Å². The lowest BCUT2D eigenvalue weighted by Gasteiger charge is -2.39. The van der Waals surface area contributed by atoms with E-state index >= 15 is 0 Å². The van der Waals surface area contributed by atoms with Crippen molar-refractivity contribution >= 4 is 17.2 Å². The van der Waals surface area contributed by atoms with E-state index in [9.17, 15) is 4.79 Å². The number of nitrogens with two attached hydrogens (primary N) is 1. The number of primary amides is 1. The van der Waals surface area contributed by atoms with Gasteiger partial charge in [0.1, 0.15) is 0 Å². The summed E-state index contributed by atoms with van der Waals surface area (Å²) in [7, 11) is 4.32. The van der Waals surface area contributed by atoms with Crippen molar-refractivity contribution in [3.8, 4) is 0 Å². The number of piperidine rings is 1. The Bertz CT molecular complexity index is 490. The van der Waals surface area contributed by atoms with Crippen LogP contribution in [0.2, 0.25) is 0 Å². The maximum atomic E-state index is 11.8. The zero-order valence-electron chi connectivity index (χ0n) is 13.6. The van der Waals surface area contributed by atoms with Crippen LogP contribution < -0.4 is 5.73 Å². The number of hydrogen-bond donors (Lipinski definition) is 1. The van der Waals surface area contributed by atoms with Gasteiger partial charge in [-0.3, -0.25) is 9.69 Å². The molecule has 118 valence electrons. The molecule has 1 fully saturated rings. The van der Waals surface area contributed by atoms with E-state index < -0.39 is 0 Å². The molecule has 0 radical (unpaired) electrons. The maximum absolute atomic E-state index is 11.8. The van der Waals surface area contributed by atoms with Crippen LogP contribution in [0.1, 0.15) is 53.0 Å². The summed E-state index contributed by atoms with van der Waals surface area (Å²) in [6.07, 6.45) is 3.41. The third-order valence-corrected chi connectivity index (χ3v) is 5.81. The molecule has 21 heavy (non-hydrogen) atoms. The first kappa shape index (κ1) is 16.5. The molecule has 2 heterocycles. The van der Waals surface area contributed by atoms with Crippen LogP contribution in [0.3, 0.4) is 0 Å². The van der Waals surface area contributed by atoms with Crippen molar-refractivity contribution in [3.63, 3.8) is 0 Å². The largest absolute Gasteiger partial charge is 0.366 e. The van der Waals surface area contributed by atoms with Crippen molar-refractivity contribution in [2.24, 2.45) is 5.73 Å². The summed E-state index contributed by atoms with van der Waals surface area (Å²) >= 11 is 1.69. The normalized spacial score (nSPS) is 19.1. The van der Waals surface area contributed by atoms with Crippen LogP contribution in [-0.4, -0.2) is 48.9 Å². The highest BCUT2D eigenvalue weighted by molar-refractivity contribution is 7.10. The Morgan fingerprint density at radius 3 is 2.57 bits per heavy atom. The number of likely N-dealkylation sites (tertiary alicyclic amines) is 1. The molecule has 5 heteroatoms. The molecule has 0 spiro atoms. The van der Waals surface area contributed by atoms with Crippen LogP contribution >= 0.6 is 11.3 Å². The molecule has 1 aromatic rings. The van der Waals surface area contributed by atoms with Crippen molar-refractivity contribution in [1.29, 1.82) is 0 Å². The number of carbonyl (C=O) groups is 1. The van der Waals surface area contributed by atoms with Gasteiger partial charge in [-0.05, 0) is 51.2 Å². The maximum Gasteiger partial charge on any atom is 0.250 e. The van der Waals surface area contributed by atoms with Crippen molar-refractivity contribution in [3.05, 3.63) is 21.4 Å². The number of thiophene rings is 1. The smallest absolute Gasteiger partial charge is 0.250 e. The molecule has 1 unspecified atom stereocenters. The second-order valence-electron chi connectivity index (χ2n) is 6.18. The van der Waals surface area contributed by atoms with E-state index in [4.69, 9.17) is 5.73 Å². The third kappa shape index (κ3) is 3.47. The van der Waals surface area contributed by atoms with Crippen LogP contribution in [0, 0.1) is 6.92 Å². The van der Waals surface area contributed by atoms with E-state index in [1.807, 2.05) is 6.92 Å². The predicted molar refractivity (Wildman–Crippen MR) is 88.9 cm³/mol. The Morgan fingerprint density at radius 1 is 1.48 bits per heavy atom. The molecule has 0 aliphatic carbocycles. The topological polar surface area (TPSA) is 49.6 Å². The van der Waals surface area contributed by atoms with Gasteiger partial charge in [-0.2, -0.15) is 0 Å². The zero-order valence-corrected chi connectivity index (χ0v) is 14.4. The number of aryl methyl sites for hydroxylation is 1. The van der Waals surface area contributed by atoms with E-state index in [1.54, 1.807) is 11.3 Å². The molecule has 0 bridgehead atoms. The summed E-state index contributed by atoms with van der Waals surface area (Å²) in [6, 6.07) is 1.01. The summed E-state index contributed by atoms with van der Waals surface area (Å²) in [6.45, 7) is 6.36. The first-order chi connectivity index (χ1) is 9.95. The summed E-state index contributed by atoms with van der Waals surface area (Å²) in [5.74, 6) is -0.287. The van der Waals surface area contributed by atoms with Gasteiger partial charge in [0.05, 0.1) is 5.56 Å². The minimum atomic E-state index is -0.287. The Kier molecular flexibility index (Phi) is 5.41. The van der Waals surface area contributed by atoms with Crippen molar-refractivity contribution < 1.29 is 4.79 Å². The fourth-order valence-corrected chi connectivity index (χ4v) is 4.62. The lowest BCUT2D eigenvalue weighted by molar-refractivity contribution is 0.0977. The Balaban J connectivity index is 2.16. The summed E-state index contributed by atoms with van der Waals surface area (Å²) in [5, 5.41) is 2.06. The van der Waals surface area contributed by atoms with Crippen LogP contribution in [0.5, 0.6) is 0 Å². The molecule has 1 aromatic heterocycles. The lowest BCUT2D eigenvalue weighted by atomic mass is 9.98. The van der Waals surface area contributed by atoms with Crippen molar-refractivity contribution in [1.82, 2.24) is 9.80 Å². The first-order valence-corrected chi connectivity index (χ1v) is 8.61. The predicted octanol–water partition coefficient (Wildman–Crippen LogP) is 2.63. The number of nitrogens with zero attached hydrogens (tertiary/aromatic N) is 2. The van der Waals surface area contributed by atoms with Gasteiger partial charge in [0.25, 0.3) is 0 Å². The van der Waals surface area contributed by atoms with Crippen LogP contribution in [0.4, 0.5) is 0 Å². The Labute approximate surface area is 131 Å². The van der Waals surface area contributed by atoms with Crippen molar-refractivity contribution in [2.45, 2.75) is 45.2 Å². The second-order valence-corrected chi connectivity index (χ2v) is 7.09. The Hall–Kier alpha value is -0.910. The SMILES string of the molecule is CCC(c1scc(C)c1C(N)=O)N1CCC(N(C)C)CC1. The van der Waals surface area contributed by atoms with E-state index in [-0.39, 0.29) is 5.91 Å². The third-order valence-electron chi connectivity index (χ3n) is 4.61. The molecular formula is C16H27N3OS. The molecule has 2 rings (SSSR count). The molecule has 0 saturated carbocycles. The van der Waals surface area contributed by atoms with E-state index in [0.29, 0.717) is 12.1 Å². The minimum absolute atomic E-state index is 0.287.